The van der Waals surface area contributed by atoms with Gasteiger partial charge in [0.1, 0.15) is 5.69 Å². The van der Waals surface area contributed by atoms with Crippen molar-refractivity contribution in [2.24, 2.45) is 0 Å². The van der Waals surface area contributed by atoms with Gasteiger partial charge in [-0.2, -0.15) is 0 Å². The second kappa shape index (κ2) is 9.08. The molecule has 6 heteroatoms. The number of hydrogen-bond acceptors (Lipinski definition) is 3. The molecule has 0 atom stereocenters. The average molecular weight is 471 g/mol. The Hall–Kier alpha value is -2.21. The maximum absolute atomic E-state index is 12.8. The highest BCUT2D eigenvalue weighted by atomic mass is 79.9. The maximum Gasteiger partial charge on any atom is 0.284 e. The SMILES string of the molecule is O=C(NN1CCCCC1)c1ccc(-c2ccc(Br)cc2)c(-c2ccc(Cl)cc2)n1. The molecule has 3 aromatic rings. The smallest absolute Gasteiger partial charge is 0.283 e. The Morgan fingerprint density at radius 2 is 1.55 bits per heavy atom. The van der Waals surface area contributed by atoms with Crippen LogP contribution in [0.3, 0.4) is 0 Å². The fourth-order valence-corrected chi connectivity index (χ4v) is 3.87. The van der Waals surface area contributed by atoms with Crippen LogP contribution >= 0.6 is 27.5 Å². The molecule has 2 aromatic carbocycles. The Bertz CT molecular complexity index is 1000. The zero-order chi connectivity index (χ0) is 20.2. The molecule has 0 radical (unpaired) electrons. The van der Waals surface area contributed by atoms with Crippen molar-refractivity contribution in [2.75, 3.05) is 13.1 Å². The minimum atomic E-state index is -0.176. The molecule has 0 spiro atoms. The topological polar surface area (TPSA) is 45.2 Å². The highest BCUT2D eigenvalue weighted by Gasteiger charge is 2.18. The number of aromatic nitrogens is 1. The molecule has 0 aliphatic carbocycles. The summed E-state index contributed by atoms with van der Waals surface area (Å²) in [5.41, 5.74) is 7.08. The lowest BCUT2D eigenvalue weighted by Gasteiger charge is -2.26. The summed E-state index contributed by atoms with van der Waals surface area (Å²) in [7, 11) is 0. The van der Waals surface area contributed by atoms with Gasteiger partial charge in [0.05, 0.1) is 5.69 Å². The number of nitrogens with one attached hydrogen (secondary N) is 1. The Balaban J connectivity index is 1.71. The Morgan fingerprint density at radius 1 is 0.897 bits per heavy atom. The molecular weight excluding hydrogens is 450 g/mol. The van der Waals surface area contributed by atoms with Gasteiger partial charge in [0.2, 0.25) is 0 Å². The monoisotopic (exact) mass is 469 g/mol. The number of amides is 1. The third kappa shape index (κ3) is 4.86. The molecule has 1 aromatic heterocycles. The van der Waals surface area contributed by atoms with Gasteiger partial charge in [-0.3, -0.25) is 10.2 Å². The molecule has 0 saturated carbocycles. The summed E-state index contributed by atoms with van der Waals surface area (Å²) in [5, 5.41) is 2.65. The number of hydrazine groups is 1. The molecule has 1 aliphatic rings. The van der Waals surface area contributed by atoms with Crippen LogP contribution in [0.25, 0.3) is 22.4 Å². The predicted octanol–water partition coefficient (Wildman–Crippen LogP) is 5.96. The second-order valence-corrected chi connectivity index (χ2v) is 8.45. The van der Waals surface area contributed by atoms with E-state index in [9.17, 15) is 4.79 Å². The molecule has 0 unspecified atom stereocenters. The Kier molecular flexibility index (Phi) is 6.28. The van der Waals surface area contributed by atoms with Gasteiger partial charge in [-0.15, -0.1) is 0 Å². The van der Waals surface area contributed by atoms with Crippen molar-refractivity contribution in [3.8, 4) is 22.4 Å². The van der Waals surface area contributed by atoms with E-state index < -0.39 is 0 Å². The molecule has 0 bridgehead atoms. The minimum Gasteiger partial charge on any atom is -0.283 e. The van der Waals surface area contributed by atoms with Crippen LogP contribution < -0.4 is 5.43 Å². The first kappa shape index (κ1) is 20.1. The quantitative estimate of drug-likeness (QED) is 0.511. The van der Waals surface area contributed by atoms with E-state index in [4.69, 9.17) is 16.6 Å². The summed E-state index contributed by atoms with van der Waals surface area (Å²) < 4.78 is 1.01. The average Bonchev–Trinajstić information content (AvgIpc) is 2.75. The summed E-state index contributed by atoms with van der Waals surface area (Å²) in [4.78, 5) is 17.5. The molecule has 4 nitrogen and oxygen atoms in total. The number of hydrogen-bond donors (Lipinski definition) is 1. The van der Waals surface area contributed by atoms with Crippen molar-refractivity contribution < 1.29 is 4.79 Å². The van der Waals surface area contributed by atoms with Crippen LogP contribution in [0.4, 0.5) is 0 Å². The van der Waals surface area contributed by atoms with E-state index in [-0.39, 0.29) is 5.91 Å². The molecule has 2 heterocycles. The molecule has 29 heavy (non-hydrogen) atoms. The molecule has 1 N–H and O–H groups in total. The van der Waals surface area contributed by atoms with Gasteiger partial charge in [-0.1, -0.05) is 58.2 Å². The molecule has 1 amide bonds. The summed E-state index contributed by atoms with van der Waals surface area (Å²) in [5.74, 6) is -0.176. The van der Waals surface area contributed by atoms with Crippen molar-refractivity contribution in [3.05, 3.63) is 75.9 Å². The highest BCUT2D eigenvalue weighted by Crippen LogP contribution is 2.32. The van der Waals surface area contributed by atoms with Crippen LogP contribution in [0.1, 0.15) is 29.8 Å². The summed E-state index contributed by atoms with van der Waals surface area (Å²) in [6.45, 7) is 1.76. The van der Waals surface area contributed by atoms with Crippen molar-refractivity contribution in [1.29, 1.82) is 0 Å². The predicted molar refractivity (Wildman–Crippen MR) is 121 cm³/mol. The largest absolute Gasteiger partial charge is 0.284 e. The number of carbonyl (C=O) groups excluding carboxylic acids is 1. The van der Waals surface area contributed by atoms with Gasteiger partial charge in [0, 0.05) is 33.7 Å². The molecule has 148 valence electrons. The van der Waals surface area contributed by atoms with Crippen LogP contribution in [0.5, 0.6) is 0 Å². The number of piperidine rings is 1. The van der Waals surface area contributed by atoms with E-state index in [2.05, 4.69) is 21.4 Å². The Labute approximate surface area is 184 Å². The highest BCUT2D eigenvalue weighted by molar-refractivity contribution is 9.10. The minimum absolute atomic E-state index is 0.176. The number of carbonyl (C=O) groups is 1. The summed E-state index contributed by atoms with van der Waals surface area (Å²) in [6.07, 6.45) is 3.42. The van der Waals surface area contributed by atoms with E-state index in [1.165, 1.54) is 6.42 Å². The van der Waals surface area contributed by atoms with Gasteiger partial charge in [-0.05, 0) is 54.8 Å². The first-order valence-electron chi connectivity index (χ1n) is 9.69. The van der Waals surface area contributed by atoms with Crippen LogP contribution in [0.2, 0.25) is 5.02 Å². The third-order valence-corrected chi connectivity index (χ3v) is 5.80. The van der Waals surface area contributed by atoms with Crippen LogP contribution in [0.15, 0.2) is 65.1 Å². The molecular formula is C23H21BrClN3O. The summed E-state index contributed by atoms with van der Waals surface area (Å²) in [6, 6.07) is 19.4. The van der Waals surface area contributed by atoms with Gasteiger partial charge in [-0.25, -0.2) is 9.99 Å². The second-order valence-electron chi connectivity index (χ2n) is 7.10. The number of nitrogens with zero attached hydrogens (tertiary/aromatic N) is 2. The molecule has 4 rings (SSSR count). The number of rotatable bonds is 4. The van der Waals surface area contributed by atoms with E-state index in [0.717, 1.165) is 52.8 Å². The third-order valence-electron chi connectivity index (χ3n) is 5.02. The van der Waals surface area contributed by atoms with Crippen molar-refractivity contribution in [2.45, 2.75) is 19.3 Å². The fraction of sp³-hybridized carbons (Fsp3) is 0.217. The van der Waals surface area contributed by atoms with Crippen LogP contribution in [-0.4, -0.2) is 29.0 Å². The van der Waals surface area contributed by atoms with E-state index >= 15 is 0 Å². The first-order chi connectivity index (χ1) is 14.1. The molecule has 1 saturated heterocycles. The normalized spacial score (nSPS) is 14.6. The maximum atomic E-state index is 12.8. The van der Waals surface area contributed by atoms with E-state index in [1.54, 1.807) is 6.07 Å². The summed E-state index contributed by atoms with van der Waals surface area (Å²) >= 11 is 9.55. The van der Waals surface area contributed by atoms with Crippen molar-refractivity contribution in [3.63, 3.8) is 0 Å². The lowest BCUT2D eigenvalue weighted by molar-refractivity contribution is 0.0745. The molecule has 1 aliphatic heterocycles. The van der Waals surface area contributed by atoms with Crippen molar-refractivity contribution in [1.82, 2.24) is 15.4 Å². The fourth-order valence-electron chi connectivity index (χ4n) is 3.48. The lowest BCUT2D eigenvalue weighted by Crippen LogP contribution is -2.45. The van der Waals surface area contributed by atoms with E-state index in [0.29, 0.717) is 10.7 Å². The number of pyridine rings is 1. The zero-order valence-corrected chi connectivity index (χ0v) is 18.2. The molecule has 1 fully saturated rings. The van der Waals surface area contributed by atoms with Gasteiger partial charge >= 0.3 is 0 Å². The van der Waals surface area contributed by atoms with Gasteiger partial charge in [0.15, 0.2) is 0 Å². The number of halogens is 2. The zero-order valence-electron chi connectivity index (χ0n) is 15.9. The van der Waals surface area contributed by atoms with Gasteiger partial charge < -0.3 is 0 Å². The van der Waals surface area contributed by atoms with Crippen molar-refractivity contribution >= 4 is 33.4 Å². The van der Waals surface area contributed by atoms with E-state index in [1.807, 2.05) is 59.6 Å². The van der Waals surface area contributed by atoms with Gasteiger partial charge in [0.25, 0.3) is 5.91 Å². The lowest BCUT2D eigenvalue weighted by atomic mass is 9.99. The first-order valence-corrected chi connectivity index (χ1v) is 10.9. The number of benzene rings is 2. The van der Waals surface area contributed by atoms with Crippen LogP contribution in [0, 0.1) is 0 Å². The van der Waals surface area contributed by atoms with Crippen LogP contribution in [-0.2, 0) is 0 Å². The Morgan fingerprint density at radius 3 is 2.24 bits per heavy atom. The standard InChI is InChI=1S/C23H21BrClN3O/c24-18-8-4-16(5-9-18)20-12-13-21(23(29)27-28-14-2-1-3-15-28)26-22(20)17-6-10-19(25)11-7-17/h4-13H,1-3,14-15H2,(H,27,29).